The first-order valence-electron chi connectivity index (χ1n) is 8.45. The summed E-state index contributed by atoms with van der Waals surface area (Å²) in [6, 6.07) is 13.2. The number of hydrogen-bond donors (Lipinski definition) is 1. The van der Waals surface area contributed by atoms with Crippen molar-refractivity contribution in [1.82, 2.24) is 5.32 Å². The maximum Gasteiger partial charge on any atom is 0.244 e. The van der Waals surface area contributed by atoms with Crippen LogP contribution in [-0.2, 0) is 4.79 Å². The van der Waals surface area contributed by atoms with E-state index in [2.05, 4.69) is 5.32 Å². The van der Waals surface area contributed by atoms with Crippen molar-refractivity contribution < 1.29 is 19.0 Å². The van der Waals surface area contributed by atoms with Crippen LogP contribution in [0.25, 0.3) is 6.08 Å². The molecule has 0 bridgehead atoms. The highest BCUT2D eigenvalue weighted by Crippen LogP contribution is 2.28. The maximum absolute atomic E-state index is 12.3. The second kappa shape index (κ2) is 9.51. The predicted molar refractivity (Wildman–Crippen MR) is 103 cm³/mol. The lowest BCUT2D eigenvalue weighted by Crippen LogP contribution is -2.26. The zero-order chi connectivity index (χ0) is 18.9. The molecule has 0 radical (unpaired) electrons. The van der Waals surface area contributed by atoms with Crippen molar-refractivity contribution in [3.05, 3.63) is 59.7 Å². The number of carbonyl (C=O) groups excluding carboxylic acids is 1. The lowest BCUT2D eigenvalue weighted by Gasteiger charge is -2.16. The van der Waals surface area contributed by atoms with E-state index in [-0.39, 0.29) is 11.9 Å². The van der Waals surface area contributed by atoms with Crippen LogP contribution in [0.5, 0.6) is 17.2 Å². The topological polar surface area (TPSA) is 56.8 Å². The third-order valence-electron chi connectivity index (χ3n) is 4.08. The van der Waals surface area contributed by atoms with E-state index in [1.54, 1.807) is 27.4 Å². The summed E-state index contributed by atoms with van der Waals surface area (Å²) in [6.07, 6.45) is 4.06. The van der Waals surface area contributed by atoms with Gasteiger partial charge in [-0.1, -0.05) is 25.1 Å². The number of benzene rings is 2. The lowest BCUT2D eigenvalue weighted by atomic mass is 10.0. The highest BCUT2D eigenvalue weighted by molar-refractivity contribution is 5.92. The molecule has 26 heavy (non-hydrogen) atoms. The Morgan fingerprint density at radius 3 is 2.27 bits per heavy atom. The maximum atomic E-state index is 12.3. The first-order chi connectivity index (χ1) is 12.6. The van der Waals surface area contributed by atoms with Crippen LogP contribution in [-0.4, -0.2) is 27.2 Å². The second-order valence-electron chi connectivity index (χ2n) is 5.69. The smallest absolute Gasteiger partial charge is 0.244 e. The summed E-state index contributed by atoms with van der Waals surface area (Å²) >= 11 is 0. The second-order valence-corrected chi connectivity index (χ2v) is 5.69. The molecule has 0 aliphatic rings. The van der Waals surface area contributed by atoms with Crippen LogP contribution >= 0.6 is 0 Å². The van der Waals surface area contributed by atoms with E-state index in [0.717, 1.165) is 23.3 Å². The Labute approximate surface area is 154 Å². The van der Waals surface area contributed by atoms with Crippen LogP contribution in [0.4, 0.5) is 0 Å². The number of methoxy groups -OCH3 is 3. The summed E-state index contributed by atoms with van der Waals surface area (Å²) in [5, 5.41) is 3.02. The van der Waals surface area contributed by atoms with Gasteiger partial charge >= 0.3 is 0 Å². The first kappa shape index (κ1) is 19.4. The number of rotatable bonds is 8. The van der Waals surface area contributed by atoms with E-state index in [1.807, 2.05) is 49.4 Å². The normalized spacial score (nSPS) is 11.8. The van der Waals surface area contributed by atoms with E-state index in [0.29, 0.717) is 11.5 Å². The molecule has 0 aliphatic carbocycles. The molecule has 2 rings (SSSR count). The molecule has 2 aromatic carbocycles. The van der Waals surface area contributed by atoms with E-state index < -0.39 is 0 Å². The number of carbonyl (C=O) groups is 1. The number of ether oxygens (including phenoxy) is 3. The van der Waals surface area contributed by atoms with Gasteiger partial charge in [0.25, 0.3) is 0 Å². The zero-order valence-electron chi connectivity index (χ0n) is 15.6. The molecule has 0 fully saturated rings. The van der Waals surface area contributed by atoms with Crippen molar-refractivity contribution in [2.45, 2.75) is 19.4 Å². The fraction of sp³-hybridized carbons (Fsp3) is 0.286. The van der Waals surface area contributed by atoms with Crippen LogP contribution in [0.3, 0.4) is 0 Å². The summed E-state index contributed by atoms with van der Waals surface area (Å²) in [6.45, 7) is 2.03. The average Bonchev–Trinajstić information content (AvgIpc) is 2.70. The number of nitrogens with one attached hydrogen (secondary N) is 1. The van der Waals surface area contributed by atoms with Gasteiger partial charge in [-0.3, -0.25) is 4.79 Å². The highest BCUT2D eigenvalue weighted by Gasteiger charge is 2.11. The van der Waals surface area contributed by atoms with E-state index in [4.69, 9.17) is 14.2 Å². The predicted octanol–water partition coefficient (Wildman–Crippen LogP) is 3.99. The van der Waals surface area contributed by atoms with Crippen LogP contribution in [0.15, 0.2) is 48.5 Å². The van der Waals surface area contributed by atoms with Gasteiger partial charge in [0.2, 0.25) is 5.91 Å². The van der Waals surface area contributed by atoms with Gasteiger partial charge < -0.3 is 19.5 Å². The van der Waals surface area contributed by atoms with Crippen molar-refractivity contribution in [3.63, 3.8) is 0 Å². The summed E-state index contributed by atoms with van der Waals surface area (Å²) in [5.41, 5.74) is 1.90. The zero-order valence-corrected chi connectivity index (χ0v) is 15.6. The molecule has 0 unspecified atom stereocenters. The minimum Gasteiger partial charge on any atom is -0.497 e. The molecule has 1 atom stereocenters. The third kappa shape index (κ3) is 5.02. The Kier molecular flexibility index (Phi) is 7.09. The van der Waals surface area contributed by atoms with Crippen molar-refractivity contribution in [1.29, 1.82) is 0 Å². The molecule has 0 saturated heterocycles. The van der Waals surface area contributed by atoms with Crippen LogP contribution < -0.4 is 19.5 Å². The Morgan fingerprint density at radius 1 is 1.00 bits per heavy atom. The number of hydrogen-bond acceptors (Lipinski definition) is 4. The van der Waals surface area contributed by atoms with Crippen molar-refractivity contribution in [2.75, 3.05) is 21.3 Å². The fourth-order valence-electron chi connectivity index (χ4n) is 2.61. The van der Waals surface area contributed by atoms with E-state index in [1.165, 1.54) is 6.08 Å². The quantitative estimate of drug-likeness (QED) is 0.728. The molecule has 1 N–H and O–H groups in total. The molecule has 1 amide bonds. The molecule has 138 valence electrons. The Bertz CT molecular complexity index is 753. The van der Waals surface area contributed by atoms with E-state index in [9.17, 15) is 4.79 Å². The van der Waals surface area contributed by atoms with Crippen LogP contribution in [0.1, 0.15) is 30.5 Å². The standard InChI is InChI=1S/C21H25NO4/c1-5-18(16-8-10-17(24-2)11-9-16)22-21(23)13-7-15-6-12-19(25-3)20(14-15)26-4/h6-14,18H,5H2,1-4H3,(H,22,23)/b13-7+/t18-/m1/s1. The summed E-state index contributed by atoms with van der Waals surface area (Å²) in [5.74, 6) is 1.92. The lowest BCUT2D eigenvalue weighted by molar-refractivity contribution is -0.117. The van der Waals surface area contributed by atoms with Crippen molar-refractivity contribution in [2.24, 2.45) is 0 Å². The SMILES string of the molecule is CC[C@@H](NC(=O)/C=C/c1ccc(OC)c(OC)c1)c1ccc(OC)cc1. The molecule has 0 aromatic heterocycles. The van der Waals surface area contributed by atoms with E-state index >= 15 is 0 Å². The minimum absolute atomic E-state index is 0.0524. The fourth-order valence-corrected chi connectivity index (χ4v) is 2.61. The van der Waals surface area contributed by atoms with Gasteiger partial charge in [-0.15, -0.1) is 0 Å². The van der Waals surface area contributed by atoms with Gasteiger partial charge in [0.15, 0.2) is 11.5 Å². The average molecular weight is 355 g/mol. The number of amides is 1. The molecular formula is C21H25NO4. The summed E-state index contributed by atoms with van der Waals surface area (Å²) in [4.78, 5) is 12.3. The van der Waals surface area contributed by atoms with Gasteiger partial charge in [-0.2, -0.15) is 0 Å². The molecular weight excluding hydrogens is 330 g/mol. The van der Waals surface area contributed by atoms with Gasteiger partial charge in [0, 0.05) is 6.08 Å². The Balaban J connectivity index is 2.04. The van der Waals surface area contributed by atoms with Gasteiger partial charge in [0.1, 0.15) is 5.75 Å². The first-order valence-corrected chi connectivity index (χ1v) is 8.45. The molecule has 0 heterocycles. The third-order valence-corrected chi connectivity index (χ3v) is 4.08. The van der Waals surface area contributed by atoms with Crippen LogP contribution in [0.2, 0.25) is 0 Å². The monoisotopic (exact) mass is 355 g/mol. The van der Waals surface area contributed by atoms with Gasteiger partial charge in [-0.05, 0) is 47.9 Å². The molecule has 0 spiro atoms. The van der Waals surface area contributed by atoms with Crippen molar-refractivity contribution >= 4 is 12.0 Å². The summed E-state index contributed by atoms with van der Waals surface area (Å²) in [7, 11) is 4.80. The van der Waals surface area contributed by atoms with Gasteiger partial charge in [-0.25, -0.2) is 0 Å². The molecule has 0 saturated carbocycles. The minimum atomic E-state index is -0.151. The molecule has 2 aromatic rings. The Morgan fingerprint density at radius 2 is 1.69 bits per heavy atom. The highest BCUT2D eigenvalue weighted by atomic mass is 16.5. The van der Waals surface area contributed by atoms with Crippen molar-refractivity contribution in [3.8, 4) is 17.2 Å². The molecule has 5 heteroatoms. The summed E-state index contributed by atoms with van der Waals surface area (Å²) < 4.78 is 15.7. The molecule has 0 aliphatic heterocycles. The van der Waals surface area contributed by atoms with Gasteiger partial charge in [0.05, 0.1) is 27.4 Å². The van der Waals surface area contributed by atoms with Crippen LogP contribution in [0, 0.1) is 0 Å². The molecule has 5 nitrogen and oxygen atoms in total. The Hall–Kier alpha value is -2.95. The largest absolute Gasteiger partial charge is 0.497 e.